The maximum Gasteiger partial charge on any atom is 0.240 e. The van der Waals surface area contributed by atoms with Gasteiger partial charge in [-0.15, -0.1) is 0 Å². The Balaban J connectivity index is 2.96. The molecule has 0 aliphatic rings. The van der Waals surface area contributed by atoms with Crippen LogP contribution in [0.5, 0.6) is 0 Å². The van der Waals surface area contributed by atoms with Gasteiger partial charge in [0.1, 0.15) is 6.54 Å². The topological polar surface area (TPSA) is 69.7 Å². The summed E-state index contributed by atoms with van der Waals surface area (Å²) in [7, 11) is 0.362. The van der Waals surface area contributed by atoms with E-state index in [-0.39, 0.29) is 17.9 Å². The predicted molar refractivity (Wildman–Crippen MR) is 104 cm³/mol. The van der Waals surface area contributed by atoms with Crippen molar-refractivity contribution < 1.29 is 13.2 Å². The van der Waals surface area contributed by atoms with Gasteiger partial charge in [0.25, 0.3) is 0 Å². The van der Waals surface area contributed by atoms with Crippen LogP contribution in [-0.4, -0.2) is 59.2 Å². The van der Waals surface area contributed by atoms with Gasteiger partial charge in [0.15, 0.2) is 0 Å². The van der Waals surface area contributed by atoms with Crippen LogP contribution >= 0.6 is 0 Å². The molecule has 0 aliphatic heterocycles. The number of amides is 1. The maximum atomic E-state index is 12.3. The van der Waals surface area contributed by atoms with Crippen LogP contribution in [0.25, 0.3) is 0 Å². The van der Waals surface area contributed by atoms with Crippen LogP contribution in [0.4, 0.5) is 5.69 Å². The van der Waals surface area contributed by atoms with E-state index in [0.717, 1.165) is 24.8 Å². The van der Waals surface area contributed by atoms with Crippen molar-refractivity contribution in [2.45, 2.75) is 32.6 Å². The summed E-state index contributed by atoms with van der Waals surface area (Å²) in [6, 6.07) is 7.33. The molecule has 1 aromatic carbocycles. The monoisotopic (exact) mass is 369 g/mol. The van der Waals surface area contributed by atoms with Crippen LogP contribution in [0.1, 0.15) is 32.8 Å². The Morgan fingerprint density at radius 1 is 1.16 bits per heavy atom. The first-order valence-electron chi connectivity index (χ1n) is 8.41. The third-order valence-corrected chi connectivity index (χ3v) is 4.90. The quantitative estimate of drug-likeness (QED) is 0.710. The molecule has 1 aromatic rings. The maximum absolute atomic E-state index is 12.3. The fourth-order valence-corrected chi connectivity index (χ4v) is 3.38. The lowest BCUT2D eigenvalue weighted by molar-refractivity contribution is -0.119. The van der Waals surface area contributed by atoms with Gasteiger partial charge in [0.2, 0.25) is 15.9 Å². The number of nitrogens with one attached hydrogen (secondary N) is 1. The van der Waals surface area contributed by atoms with Crippen molar-refractivity contribution in [1.29, 1.82) is 0 Å². The summed E-state index contributed by atoms with van der Waals surface area (Å²) < 4.78 is 25.8. The SMILES string of the molecule is CN(C)CCCNC(=O)CN(c1ccccc1C(C)(C)C)S(C)(=O)=O. The van der Waals surface area contributed by atoms with Gasteiger partial charge in [-0.05, 0) is 44.1 Å². The molecular weight excluding hydrogens is 338 g/mol. The molecule has 0 fully saturated rings. The molecule has 0 radical (unpaired) electrons. The average Bonchev–Trinajstić information content (AvgIpc) is 2.47. The molecule has 7 heteroatoms. The molecule has 0 unspecified atom stereocenters. The summed E-state index contributed by atoms with van der Waals surface area (Å²) >= 11 is 0. The zero-order valence-corrected chi connectivity index (χ0v) is 17.0. The van der Waals surface area contributed by atoms with Crippen molar-refractivity contribution in [2.75, 3.05) is 44.3 Å². The third-order valence-electron chi connectivity index (χ3n) is 3.77. The first-order valence-corrected chi connectivity index (χ1v) is 10.3. The molecule has 0 spiro atoms. The highest BCUT2D eigenvalue weighted by atomic mass is 32.2. The van der Waals surface area contributed by atoms with Gasteiger partial charge in [-0.3, -0.25) is 9.10 Å². The Labute approximate surface area is 152 Å². The van der Waals surface area contributed by atoms with E-state index < -0.39 is 10.0 Å². The highest BCUT2D eigenvalue weighted by Gasteiger charge is 2.27. The van der Waals surface area contributed by atoms with Crippen molar-refractivity contribution in [3.05, 3.63) is 29.8 Å². The number of carbonyl (C=O) groups excluding carboxylic acids is 1. The van der Waals surface area contributed by atoms with Crippen molar-refractivity contribution in [1.82, 2.24) is 10.2 Å². The molecule has 0 aliphatic carbocycles. The number of carbonyl (C=O) groups is 1. The van der Waals surface area contributed by atoms with Gasteiger partial charge < -0.3 is 10.2 Å². The molecule has 0 saturated carbocycles. The Morgan fingerprint density at radius 3 is 2.28 bits per heavy atom. The first kappa shape index (κ1) is 21.4. The van der Waals surface area contributed by atoms with Gasteiger partial charge >= 0.3 is 0 Å². The van der Waals surface area contributed by atoms with Gasteiger partial charge in [0, 0.05) is 6.54 Å². The van der Waals surface area contributed by atoms with Crippen LogP contribution in [0.3, 0.4) is 0 Å². The highest BCUT2D eigenvalue weighted by Crippen LogP contribution is 2.32. The second-order valence-electron chi connectivity index (χ2n) is 7.54. The van der Waals surface area contributed by atoms with Crippen molar-refractivity contribution in [2.24, 2.45) is 0 Å². The second kappa shape index (κ2) is 8.67. The lowest BCUT2D eigenvalue weighted by Crippen LogP contribution is -2.41. The molecule has 0 heterocycles. The summed E-state index contributed by atoms with van der Waals surface area (Å²) in [5.41, 5.74) is 1.21. The van der Waals surface area contributed by atoms with E-state index in [4.69, 9.17) is 0 Å². The minimum atomic E-state index is -3.58. The number of nitrogens with zero attached hydrogens (tertiary/aromatic N) is 2. The number of hydrogen-bond donors (Lipinski definition) is 1. The molecule has 0 saturated heterocycles. The summed E-state index contributed by atoms with van der Waals surface area (Å²) in [6.45, 7) is 7.24. The number of sulfonamides is 1. The van der Waals surface area contributed by atoms with Crippen LogP contribution in [0.2, 0.25) is 0 Å². The zero-order valence-electron chi connectivity index (χ0n) is 16.2. The van der Waals surface area contributed by atoms with E-state index >= 15 is 0 Å². The Kier molecular flexibility index (Phi) is 7.44. The number of anilines is 1. The molecule has 1 N–H and O–H groups in total. The normalized spacial score (nSPS) is 12.3. The van der Waals surface area contributed by atoms with Crippen LogP contribution in [0.15, 0.2) is 24.3 Å². The molecule has 6 nitrogen and oxygen atoms in total. The minimum Gasteiger partial charge on any atom is -0.354 e. The van der Waals surface area contributed by atoms with E-state index in [1.54, 1.807) is 12.1 Å². The van der Waals surface area contributed by atoms with E-state index in [2.05, 4.69) is 5.32 Å². The minimum absolute atomic E-state index is 0.214. The standard InChI is InChI=1S/C18H31N3O3S/c1-18(2,3)15-10-7-8-11-16(15)21(25(6,23)24)14-17(22)19-12-9-13-20(4)5/h7-8,10-11H,9,12-14H2,1-6H3,(H,19,22). The molecule has 1 amide bonds. The summed E-state index contributed by atoms with van der Waals surface area (Å²) in [4.78, 5) is 14.3. The van der Waals surface area contributed by atoms with Crippen molar-refractivity contribution >= 4 is 21.6 Å². The summed E-state index contributed by atoms with van der Waals surface area (Å²) in [5, 5.41) is 2.80. The lowest BCUT2D eigenvalue weighted by atomic mass is 9.86. The van der Waals surface area contributed by atoms with Crippen LogP contribution < -0.4 is 9.62 Å². The van der Waals surface area contributed by atoms with Crippen molar-refractivity contribution in [3.8, 4) is 0 Å². The Morgan fingerprint density at radius 2 is 1.76 bits per heavy atom. The smallest absolute Gasteiger partial charge is 0.240 e. The largest absolute Gasteiger partial charge is 0.354 e. The second-order valence-corrected chi connectivity index (χ2v) is 9.45. The lowest BCUT2D eigenvalue weighted by Gasteiger charge is -2.29. The fourth-order valence-electron chi connectivity index (χ4n) is 2.52. The van der Waals surface area contributed by atoms with Gasteiger partial charge in [-0.2, -0.15) is 0 Å². The summed E-state index contributed by atoms with van der Waals surface area (Å²) in [5.74, 6) is -0.298. The van der Waals surface area contributed by atoms with E-state index in [1.807, 2.05) is 51.9 Å². The van der Waals surface area contributed by atoms with E-state index in [9.17, 15) is 13.2 Å². The van der Waals surface area contributed by atoms with Crippen molar-refractivity contribution in [3.63, 3.8) is 0 Å². The van der Waals surface area contributed by atoms with Gasteiger partial charge in [0.05, 0.1) is 11.9 Å². The molecule has 0 atom stereocenters. The molecule has 0 bridgehead atoms. The molecule has 1 rings (SSSR count). The first-order chi connectivity index (χ1) is 11.4. The number of rotatable bonds is 8. The van der Waals surface area contributed by atoms with Crippen LogP contribution in [0, 0.1) is 0 Å². The van der Waals surface area contributed by atoms with Gasteiger partial charge in [-0.1, -0.05) is 39.0 Å². The molecule has 25 heavy (non-hydrogen) atoms. The molecule has 0 aromatic heterocycles. The van der Waals surface area contributed by atoms with E-state index in [0.29, 0.717) is 12.2 Å². The predicted octanol–water partition coefficient (Wildman–Crippen LogP) is 1.82. The fraction of sp³-hybridized carbons (Fsp3) is 0.611. The number of para-hydroxylation sites is 1. The summed E-state index contributed by atoms with van der Waals surface area (Å²) in [6.07, 6.45) is 1.95. The number of hydrogen-bond acceptors (Lipinski definition) is 4. The highest BCUT2D eigenvalue weighted by molar-refractivity contribution is 7.92. The van der Waals surface area contributed by atoms with Gasteiger partial charge in [-0.25, -0.2) is 8.42 Å². The molecular formula is C18H31N3O3S. The Bertz CT molecular complexity index is 679. The third kappa shape index (κ3) is 7.04. The average molecular weight is 370 g/mol. The number of benzene rings is 1. The van der Waals surface area contributed by atoms with E-state index in [1.165, 1.54) is 4.31 Å². The van der Waals surface area contributed by atoms with Crippen LogP contribution in [-0.2, 0) is 20.2 Å². The Hall–Kier alpha value is -1.60. The molecule has 142 valence electrons. The zero-order chi connectivity index (χ0) is 19.3.